The Bertz CT molecular complexity index is 148. The van der Waals surface area contributed by atoms with E-state index in [1.807, 2.05) is 6.92 Å². The van der Waals surface area contributed by atoms with E-state index in [1.54, 1.807) is 0 Å². The fraction of sp³-hybridized carbons (Fsp3) is 1.00. The first-order chi connectivity index (χ1) is 4.73. The lowest BCUT2D eigenvalue weighted by Gasteiger charge is -2.22. The van der Waals surface area contributed by atoms with Gasteiger partial charge >= 0.3 is 0 Å². The highest BCUT2D eigenvalue weighted by molar-refractivity contribution is 4.93. The minimum absolute atomic E-state index is 0.125. The van der Waals surface area contributed by atoms with Crippen molar-refractivity contribution in [2.75, 3.05) is 13.2 Å². The van der Waals surface area contributed by atoms with Gasteiger partial charge in [-0.05, 0) is 6.42 Å². The van der Waals surface area contributed by atoms with E-state index < -0.39 is 0 Å². The summed E-state index contributed by atoms with van der Waals surface area (Å²) in [5.74, 6) is 0. The van der Waals surface area contributed by atoms with Gasteiger partial charge in [-0.2, -0.15) is 0 Å². The largest absolute Gasteiger partial charge is 0.390 e. The van der Waals surface area contributed by atoms with Gasteiger partial charge in [0.1, 0.15) is 0 Å². The van der Waals surface area contributed by atoms with Gasteiger partial charge in [-0.15, -0.1) is 0 Å². The quantitative estimate of drug-likeness (QED) is 0.525. The van der Waals surface area contributed by atoms with Gasteiger partial charge in [0.25, 0.3) is 0 Å². The molecule has 2 aliphatic rings. The monoisotopic (exact) mass is 144 g/mol. The number of hydrogen-bond acceptors (Lipinski definition) is 3. The molecule has 58 valence electrons. The van der Waals surface area contributed by atoms with Crippen LogP contribution in [0.15, 0.2) is 0 Å². The van der Waals surface area contributed by atoms with Crippen LogP contribution in [-0.2, 0) is 9.47 Å². The maximum absolute atomic E-state index is 9.45. The molecule has 0 unspecified atom stereocenters. The summed E-state index contributed by atoms with van der Waals surface area (Å²) in [6.07, 6.45) is 0.432. The van der Waals surface area contributed by atoms with E-state index in [1.165, 1.54) is 0 Å². The van der Waals surface area contributed by atoms with E-state index >= 15 is 0 Å². The molecule has 3 atom stereocenters. The van der Waals surface area contributed by atoms with Crippen molar-refractivity contribution in [3.63, 3.8) is 0 Å². The van der Waals surface area contributed by atoms with E-state index in [-0.39, 0.29) is 17.8 Å². The zero-order valence-corrected chi connectivity index (χ0v) is 6.04. The van der Waals surface area contributed by atoms with Crippen LogP contribution in [0.25, 0.3) is 0 Å². The fourth-order valence-corrected chi connectivity index (χ4v) is 1.63. The smallest absolute Gasteiger partial charge is 0.165 e. The third kappa shape index (κ3) is 0.654. The van der Waals surface area contributed by atoms with Crippen LogP contribution in [-0.4, -0.2) is 30.7 Å². The summed E-state index contributed by atoms with van der Waals surface area (Å²) < 4.78 is 10.5. The highest BCUT2D eigenvalue weighted by Gasteiger charge is 2.51. The average molecular weight is 144 g/mol. The molecule has 1 N–H and O–H groups in total. The highest BCUT2D eigenvalue weighted by atomic mass is 16.7. The van der Waals surface area contributed by atoms with Crippen LogP contribution < -0.4 is 0 Å². The Hall–Kier alpha value is -0.120. The average Bonchev–Trinajstić information content (AvgIpc) is 2.36. The van der Waals surface area contributed by atoms with Gasteiger partial charge < -0.3 is 14.6 Å². The van der Waals surface area contributed by atoms with Crippen LogP contribution in [0, 0.1) is 5.41 Å². The van der Waals surface area contributed by atoms with Crippen LogP contribution in [0.2, 0.25) is 0 Å². The molecule has 0 spiro atoms. The summed E-state index contributed by atoms with van der Waals surface area (Å²) in [4.78, 5) is 0. The normalized spacial score (nSPS) is 53.4. The first-order valence-electron chi connectivity index (χ1n) is 3.65. The molecule has 0 radical (unpaired) electrons. The molecule has 10 heavy (non-hydrogen) atoms. The summed E-state index contributed by atoms with van der Waals surface area (Å²) in [7, 11) is 0. The van der Waals surface area contributed by atoms with Gasteiger partial charge in [-0.1, -0.05) is 6.92 Å². The minimum atomic E-state index is -0.333. The standard InChI is InChI=1S/C7H12O3/c1-7-2-3-9-6(7)10-4-5(7)8/h5-6,8H,2-4H2,1H3/t5-,6+,7-/m1/s1. The molecule has 0 aromatic carbocycles. The van der Waals surface area contributed by atoms with Gasteiger partial charge in [0.15, 0.2) is 6.29 Å². The fourth-order valence-electron chi connectivity index (χ4n) is 1.63. The van der Waals surface area contributed by atoms with Gasteiger partial charge in [-0.3, -0.25) is 0 Å². The molecular weight excluding hydrogens is 132 g/mol. The number of ether oxygens (including phenoxy) is 2. The Kier molecular flexibility index (Phi) is 1.27. The summed E-state index contributed by atoms with van der Waals surface area (Å²) in [5, 5.41) is 9.45. The van der Waals surface area contributed by atoms with Crippen LogP contribution in [0.3, 0.4) is 0 Å². The predicted molar refractivity (Wildman–Crippen MR) is 34.4 cm³/mol. The van der Waals surface area contributed by atoms with Crippen molar-refractivity contribution in [3.8, 4) is 0 Å². The topological polar surface area (TPSA) is 38.7 Å². The molecule has 3 nitrogen and oxygen atoms in total. The Morgan fingerprint density at radius 2 is 2.30 bits per heavy atom. The van der Waals surface area contributed by atoms with Gasteiger partial charge in [0.05, 0.1) is 19.3 Å². The summed E-state index contributed by atoms with van der Waals surface area (Å²) in [6, 6.07) is 0. The van der Waals surface area contributed by atoms with Crippen molar-refractivity contribution in [2.24, 2.45) is 5.41 Å². The Morgan fingerprint density at radius 1 is 1.50 bits per heavy atom. The summed E-state index contributed by atoms with van der Waals surface area (Å²) >= 11 is 0. The van der Waals surface area contributed by atoms with Crippen molar-refractivity contribution >= 4 is 0 Å². The molecule has 3 heteroatoms. The summed E-state index contributed by atoms with van der Waals surface area (Å²) in [6.45, 7) is 3.17. The zero-order chi connectivity index (χ0) is 7.19. The van der Waals surface area contributed by atoms with Gasteiger partial charge in [0.2, 0.25) is 0 Å². The second-order valence-electron chi connectivity index (χ2n) is 3.31. The Labute approximate surface area is 59.9 Å². The van der Waals surface area contributed by atoms with Gasteiger partial charge in [-0.25, -0.2) is 0 Å². The van der Waals surface area contributed by atoms with Crippen molar-refractivity contribution in [2.45, 2.75) is 25.7 Å². The molecule has 2 saturated heterocycles. The number of rotatable bonds is 0. The Balaban J connectivity index is 2.21. The molecule has 0 aromatic rings. The first-order valence-corrected chi connectivity index (χ1v) is 3.65. The molecule has 2 fully saturated rings. The summed E-state index contributed by atoms with van der Waals surface area (Å²) in [5.41, 5.74) is -0.125. The molecule has 0 bridgehead atoms. The maximum Gasteiger partial charge on any atom is 0.165 e. The van der Waals surface area contributed by atoms with E-state index in [0.717, 1.165) is 13.0 Å². The molecule has 0 aliphatic carbocycles. The molecule has 0 aromatic heterocycles. The SMILES string of the molecule is C[C@]12CCO[C@H]1OC[C@H]2O. The minimum Gasteiger partial charge on any atom is -0.390 e. The van der Waals surface area contributed by atoms with E-state index in [2.05, 4.69) is 0 Å². The number of hydrogen-bond donors (Lipinski definition) is 1. The second-order valence-corrected chi connectivity index (χ2v) is 3.31. The second kappa shape index (κ2) is 1.94. The predicted octanol–water partition coefficient (Wildman–Crippen LogP) is 0.130. The van der Waals surface area contributed by atoms with E-state index in [0.29, 0.717) is 6.61 Å². The zero-order valence-electron chi connectivity index (χ0n) is 6.04. The van der Waals surface area contributed by atoms with Crippen molar-refractivity contribution in [1.29, 1.82) is 0 Å². The number of aliphatic hydroxyl groups is 1. The molecule has 2 rings (SSSR count). The lowest BCUT2D eigenvalue weighted by atomic mass is 9.84. The maximum atomic E-state index is 9.45. The van der Waals surface area contributed by atoms with Crippen LogP contribution in [0.1, 0.15) is 13.3 Å². The van der Waals surface area contributed by atoms with Crippen LogP contribution in [0.5, 0.6) is 0 Å². The molecule has 2 aliphatic heterocycles. The van der Waals surface area contributed by atoms with Gasteiger partial charge in [0, 0.05) is 5.41 Å². The third-order valence-corrected chi connectivity index (χ3v) is 2.62. The van der Waals surface area contributed by atoms with E-state index in [9.17, 15) is 5.11 Å². The van der Waals surface area contributed by atoms with E-state index in [4.69, 9.17) is 9.47 Å². The van der Waals surface area contributed by atoms with Crippen molar-refractivity contribution in [1.82, 2.24) is 0 Å². The third-order valence-electron chi connectivity index (χ3n) is 2.62. The molecule has 0 saturated carbocycles. The first kappa shape index (κ1) is 6.58. The molecule has 0 amide bonds. The number of fused-ring (bicyclic) bond motifs is 1. The van der Waals surface area contributed by atoms with Crippen LogP contribution in [0.4, 0.5) is 0 Å². The van der Waals surface area contributed by atoms with Crippen molar-refractivity contribution < 1.29 is 14.6 Å². The Morgan fingerprint density at radius 3 is 3.00 bits per heavy atom. The molecule has 2 heterocycles. The lowest BCUT2D eigenvalue weighted by Crippen LogP contribution is -2.32. The highest BCUT2D eigenvalue weighted by Crippen LogP contribution is 2.42. The molecular formula is C7H12O3. The number of aliphatic hydroxyl groups excluding tert-OH is 1. The van der Waals surface area contributed by atoms with Crippen molar-refractivity contribution in [3.05, 3.63) is 0 Å². The lowest BCUT2D eigenvalue weighted by molar-refractivity contribution is -0.108. The van der Waals surface area contributed by atoms with Crippen LogP contribution >= 0.6 is 0 Å².